The van der Waals surface area contributed by atoms with Crippen molar-refractivity contribution in [1.29, 1.82) is 0 Å². The van der Waals surface area contributed by atoms with E-state index in [0.29, 0.717) is 0 Å². The first-order valence-corrected chi connectivity index (χ1v) is 3.59. The van der Waals surface area contributed by atoms with Gasteiger partial charge in [0.25, 0.3) is 0 Å². The van der Waals surface area contributed by atoms with Gasteiger partial charge in [-0.25, -0.2) is 8.42 Å². The fourth-order valence-corrected chi connectivity index (χ4v) is 0.497. The van der Waals surface area contributed by atoms with Gasteiger partial charge in [0.05, 0.1) is 10.0 Å². The van der Waals surface area contributed by atoms with Crippen LogP contribution in [0.25, 0.3) is 4.72 Å². The van der Waals surface area contributed by atoms with Crippen molar-refractivity contribution in [2.24, 2.45) is 0 Å². The van der Waals surface area contributed by atoms with Crippen molar-refractivity contribution < 1.29 is 24.9 Å². The van der Waals surface area contributed by atoms with Gasteiger partial charge in [0.15, 0.2) is 0 Å². The van der Waals surface area contributed by atoms with Crippen LogP contribution in [0.4, 0.5) is 0 Å². The summed E-state index contributed by atoms with van der Waals surface area (Å²) in [6, 6.07) is 0. The third-order valence-corrected chi connectivity index (χ3v) is 0.977. The number of sulfonamides is 1. The molecule has 3 nitrogen and oxygen atoms in total. The van der Waals surface area contributed by atoms with E-state index < -0.39 is 10.0 Å². The van der Waals surface area contributed by atoms with Crippen LogP contribution in [0.15, 0.2) is 0 Å². The van der Waals surface area contributed by atoms with E-state index in [0.717, 1.165) is 6.26 Å². The fourth-order valence-electron chi connectivity index (χ4n) is 0.166. The minimum Gasteiger partial charge on any atom is -0.813 e. The molecule has 0 saturated carbocycles. The molecule has 0 spiro atoms. The van der Waals surface area contributed by atoms with E-state index in [9.17, 15) is 8.42 Å². The number of hydrogen-bond acceptors (Lipinski definition) is 3. The maximum absolute atomic E-state index is 10.0. The Kier molecular flexibility index (Phi) is 21.9. The Bertz CT molecular complexity index is 134. The Balaban J connectivity index is -0.0000000600. The first-order valence-electron chi connectivity index (χ1n) is 1.74. The molecular formula is C4H11NNiO2S2-4. The Morgan fingerprint density at radius 3 is 1.80 bits per heavy atom. The SMILES string of the molecule is [CH2-]C[N-]S(C)(=O)=O.[CH3-].[Ni].[SH-]. The van der Waals surface area contributed by atoms with Gasteiger partial charge in [0.2, 0.25) is 0 Å². The summed E-state index contributed by atoms with van der Waals surface area (Å²) in [5.41, 5.74) is 0. The van der Waals surface area contributed by atoms with Gasteiger partial charge in [-0.1, -0.05) is 0 Å². The summed E-state index contributed by atoms with van der Waals surface area (Å²) in [7, 11) is -3.11. The van der Waals surface area contributed by atoms with E-state index in [1.807, 2.05) is 0 Å². The van der Waals surface area contributed by atoms with Gasteiger partial charge >= 0.3 is 0 Å². The molecule has 0 heterocycles. The second kappa shape index (κ2) is 9.75. The molecular weight excluding hydrogens is 217 g/mol. The Morgan fingerprint density at radius 2 is 1.80 bits per heavy atom. The maximum atomic E-state index is 10.0. The molecule has 0 aromatic rings. The smallest absolute Gasteiger partial charge is 0.0675 e. The van der Waals surface area contributed by atoms with E-state index in [-0.39, 0.29) is 44.0 Å². The van der Waals surface area contributed by atoms with Gasteiger partial charge in [-0.05, 0) is 0 Å². The van der Waals surface area contributed by atoms with Gasteiger partial charge in [0.1, 0.15) is 0 Å². The van der Waals surface area contributed by atoms with Crippen LogP contribution in [-0.4, -0.2) is 21.2 Å². The largest absolute Gasteiger partial charge is 0.813 e. The molecule has 0 aliphatic heterocycles. The molecule has 0 fully saturated rings. The van der Waals surface area contributed by atoms with E-state index in [4.69, 9.17) is 0 Å². The Labute approximate surface area is 80.4 Å². The van der Waals surface area contributed by atoms with Crippen LogP contribution < -0.4 is 0 Å². The van der Waals surface area contributed by atoms with Crippen LogP contribution >= 0.6 is 0 Å². The molecule has 0 aliphatic rings. The molecule has 0 aromatic carbocycles. The molecule has 0 aromatic heterocycles. The number of thiol groups is 1. The summed E-state index contributed by atoms with van der Waals surface area (Å²) in [5, 5.41) is 0. The normalized spacial score (nSPS) is 8.20. The third kappa shape index (κ3) is 23.3. The summed E-state index contributed by atoms with van der Waals surface area (Å²) in [6.07, 6.45) is 1.04. The molecule has 0 bridgehead atoms. The molecule has 70 valence electrons. The monoisotopic (exact) mass is 227 g/mol. The standard InChI is InChI=1S/C3H7NO2S.CH3.Ni.H2S/c1-3-4-7(2,5)6;;;/h1,3H2,2H3;1H3;;1H2/q-2;-1;;/p-1. The van der Waals surface area contributed by atoms with Crippen molar-refractivity contribution in [3.05, 3.63) is 19.1 Å². The van der Waals surface area contributed by atoms with E-state index >= 15 is 0 Å². The first-order chi connectivity index (χ1) is 3.06. The van der Waals surface area contributed by atoms with Crippen LogP contribution in [0.2, 0.25) is 0 Å². The molecule has 10 heavy (non-hydrogen) atoms. The average Bonchev–Trinajstić information content (AvgIpc) is 1.30. The first kappa shape index (κ1) is 22.4. The minimum atomic E-state index is -3.11. The summed E-state index contributed by atoms with van der Waals surface area (Å²) in [6.45, 7) is 3.32. The Morgan fingerprint density at radius 1 is 1.50 bits per heavy atom. The van der Waals surface area contributed by atoms with Crippen molar-refractivity contribution in [3.8, 4) is 0 Å². The van der Waals surface area contributed by atoms with Crippen LogP contribution in [0.1, 0.15) is 0 Å². The minimum absolute atomic E-state index is 0. The van der Waals surface area contributed by atoms with Crippen LogP contribution in [-0.2, 0) is 40.0 Å². The summed E-state index contributed by atoms with van der Waals surface area (Å²) in [5.74, 6) is 0. The molecule has 0 amide bonds. The zero-order valence-electron chi connectivity index (χ0n) is 5.85. The summed E-state index contributed by atoms with van der Waals surface area (Å²) < 4.78 is 23.2. The van der Waals surface area contributed by atoms with Gasteiger partial charge in [0, 0.05) is 22.7 Å². The van der Waals surface area contributed by atoms with Crippen molar-refractivity contribution >= 4 is 23.5 Å². The van der Waals surface area contributed by atoms with Crippen molar-refractivity contribution in [2.75, 3.05) is 12.8 Å². The van der Waals surface area contributed by atoms with Crippen molar-refractivity contribution in [3.63, 3.8) is 0 Å². The molecule has 0 rings (SSSR count). The molecule has 0 atom stereocenters. The second-order valence-electron chi connectivity index (χ2n) is 1.09. The summed E-state index contributed by atoms with van der Waals surface area (Å²) in [4.78, 5) is 0. The van der Waals surface area contributed by atoms with E-state index in [1.165, 1.54) is 0 Å². The maximum Gasteiger partial charge on any atom is 0.0675 e. The molecule has 6 heteroatoms. The Hall–Kier alpha value is 0.754. The zero-order chi connectivity index (χ0) is 5.91. The molecule has 0 N–H and O–H groups in total. The van der Waals surface area contributed by atoms with Gasteiger partial charge in [-0.2, -0.15) is 0 Å². The molecule has 0 radical (unpaired) electrons. The van der Waals surface area contributed by atoms with E-state index in [2.05, 4.69) is 11.6 Å². The van der Waals surface area contributed by atoms with Crippen LogP contribution in [0.5, 0.6) is 0 Å². The third-order valence-electron chi connectivity index (χ3n) is 0.326. The van der Waals surface area contributed by atoms with Crippen molar-refractivity contribution in [1.82, 2.24) is 0 Å². The predicted octanol–water partition coefficient (Wildman–Crippen LogP) is 0.331. The number of hydrogen-bond donors (Lipinski definition) is 0. The average molecular weight is 228 g/mol. The van der Waals surface area contributed by atoms with Crippen LogP contribution in [0, 0.1) is 14.4 Å². The summed E-state index contributed by atoms with van der Waals surface area (Å²) >= 11 is 0. The predicted molar refractivity (Wildman–Crippen MR) is 43.6 cm³/mol. The van der Waals surface area contributed by atoms with Gasteiger partial charge < -0.3 is 32.6 Å². The molecule has 0 unspecified atom stereocenters. The van der Waals surface area contributed by atoms with Gasteiger partial charge in [-0.15, -0.1) is 0 Å². The second-order valence-corrected chi connectivity index (χ2v) is 2.81. The fraction of sp³-hybridized carbons (Fsp3) is 0.500. The quantitative estimate of drug-likeness (QED) is 0.296. The van der Waals surface area contributed by atoms with Gasteiger partial charge in [-0.3, -0.25) is 6.54 Å². The zero-order valence-corrected chi connectivity index (χ0v) is 8.55. The van der Waals surface area contributed by atoms with Crippen molar-refractivity contribution in [2.45, 2.75) is 0 Å². The number of rotatable bonds is 2. The molecule has 0 saturated heterocycles. The topological polar surface area (TPSA) is 48.2 Å². The molecule has 0 aliphatic carbocycles. The number of nitrogens with zero attached hydrogens (tertiary/aromatic N) is 1. The van der Waals surface area contributed by atoms with E-state index in [1.54, 1.807) is 0 Å². The van der Waals surface area contributed by atoms with Crippen LogP contribution in [0.3, 0.4) is 0 Å².